The van der Waals surface area contributed by atoms with Crippen molar-refractivity contribution in [1.29, 1.82) is 0 Å². The Bertz CT molecular complexity index is 739. The largest absolute Gasteiger partial charge is 0.497 e. The molecule has 3 rings (SSSR count). The number of nitrogens with zero attached hydrogens (tertiary/aromatic N) is 1. The number of hydrogen-bond donors (Lipinski definition) is 2. The smallest absolute Gasteiger partial charge is 0.248 e. The molecule has 0 spiro atoms. The molecule has 1 saturated heterocycles. The van der Waals surface area contributed by atoms with Gasteiger partial charge in [-0.3, -0.25) is 9.69 Å². The van der Waals surface area contributed by atoms with Gasteiger partial charge >= 0.3 is 0 Å². The van der Waals surface area contributed by atoms with Gasteiger partial charge in [-0.1, -0.05) is 30.7 Å². The van der Waals surface area contributed by atoms with Crippen LogP contribution in [0.3, 0.4) is 0 Å². The number of hydrogen-bond acceptors (Lipinski definition) is 4. The molecular weight excluding hydrogens is 338 g/mol. The second-order valence-electron chi connectivity index (χ2n) is 7.08. The molecule has 5 heteroatoms. The molecule has 1 atom stereocenters. The first-order valence-corrected chi connectivity index (χ1v) is 9.65. The van der Waals surface area contributed by atoms with Gasteiger partial charge in [-0.15, -0.1) is 0 Å². The molecule has 1 amide bonds. The molecule has 5 nitrogen and oxygen atoms in total. The van der Waals surface area contributed by atoms with Crippen molar-refractivity contribution in [2.45, 2.75) is 31.8 Å². The van der Waals surface area contributed by atoms with Crippen LogP contribution in [0.4, 0.5) is 0 Å². The number of methoxy groups -OCH3 is 1. The second-order valence-corrected chi connectivity index (χ2v) is 7.08. The third kappa shape index (κ3) is 5.31. The van der Waals surface area contributed by atoms with Crippen molar-refractivity contribution < 1.29 is 9.53 Å². The lowest BCUT2D eigenvalue weighted by Crippen LogP contribution is -2.39. The van der Waals surface area contributed by atoms with Crippen molar-refractivity contribution in [2.75, 3.05) is 26.7 Å². The highest BCUT2D eigenvalue weighted by Gasteiger charge is 2.22. The van der Waals surface area contributed by atoms with Crippen LogP contribution in [-0.2, 0) is 6.54 Å². The van der Waals surface area contributed by atoms with E-state index in [0.29, 0.717) is 18.2 Å². The number of piperidine rings is 1. The van der Waals surface area contributed by atoms with E-state index in [-0.39, 0.29) is 5.91 Å². The first kappa shape index (κ1) is 19.4. The summed E-state index contributed by atoms with van der Waals surface area (Å²) in [5, 5.41) is 3.57. The van der Waals surface area contributed by atoms with Crippen molar-refractivity contribution in [3.05, 3.63) is 65.2 Å². The van der Waals surface area contributed by atoms with Crippen LogP contribution in [-0.4, -0.2) is 37.6 Å². The fraction of sp³-hybridized carbons (Fsp3) is 0.409. The summed E-state index contributed by atoms with van der Waals surface area (Å²) in [5.74, 6) is 0.494. The van der Waals surface area contributed by atoms with Gasteiger partial charge in [0.1, 0.15) is 5.75 Å². The van der Waals surface area contributed by atoms with Gasteiger partial charge in [0.25, 0.3) is 0 Å². The number of amides is 1. The summed E-state index contributed by atoms with van der Waals surface area (Å²) in [6.07, 6.45) is 3.83. The molecule has 0 saturated carbocycles. The van der Waals surface area contributed by atoms with Crippen molar-refractivity contribution in [3.63, 3.8) is 0 Å². The molecule has 27 heavy (non-hydrogen) atoms. The number of rotatable bonds is 8. The number of nitrogens with one attached hydrogen (secondary N) is 1. The molecule has 0 aromatic heterocycles. The summed E-state index contributed by atoms with van der Waals surface area (Å²) in [6.45, 7) is 3.83. The van der Waals surface area contributed by atoms with E-state index < -0.39 is 0 Å². The van der Waals surface area contributed by atoms with Gasteiger partial charge in [0, 0.05) is 24.7 Å². The van der Waals surface area contributed by atoms with E-state index in [1.54, 1.807) is 13.2 Å². The first-order valence-electron chi connectivity index (χ1n) is 9.65. The Morgan fingerprint density at radius 1 is 1.15 bits per heavy atom. The van der Waals surface area contributed by atoms with Crippen LogP contribution in [0.2, 0.25) is 0 Å². The summed E-state index contributed by atoms with van der Waals surface area (Å²) >= 11 is 0. The molecule has 1 aliphatic heterocycles. The van der Waals surface area contributed by atoms with Crippen LogP contribution in [0.5, 0.6) is 5.75 Å². The number of benzene rings is 2. The third-order valence-corrected chi connectivity index (χ3v) is 5.21. The Hall–Kier alpha value is -2.37. The fourth-order valence-corrected chi connectivity index (χ4v) is 3.70. The summed E-state index contributed by atoms with van der Waals surface area (Å²) < 4.78 is 5.30. The molecule has 3 N–H and O–H groups in total. The number of likely N-dealkylation sites (tertiary alicyclic amines) is 1. The molecule has 0 aliphatic carbocycles. The van der Waals surface area contributed by atoms with E-state index in [2.05, 4.69) is 22.3 Å². The summed E-state index contributed by atoms with van der Waals surface area (Å²) in [6, 6.07) is 16.2. The van der Waals surface area contributed by atoms with Crippen LogP contribution in [0.15, 0.2) is 48.5 Å². The Balaban J connectivity index is 1.67. The maximum Gasteiger partial charge on any atom is 0.248 e. The minimum Gasteiger partial charge on any atom is -0.497 e. The van der Waals surface area contributed by atoms with Gasteiger partial charge in [-0.25, -0.2) is 0 Å². The lowest BCUT2D eigenvalue weighted by atomic mass is 10.0. The van der Waals surface area contributed by atoms with E-state index in [0.717, 1.165) is 30.9 Å². The summed E-state index contributed by atoms with van der Waals surface area (Å²) in [7, 11) is 1.69. The van der Waals surface area contributed by atoms with Gasteiger partial charge in [0.15, 0.2) is 0 Å². The lowest BCUT2D eigenvalue weighted by molar-refractivity contribution is 0.1000. The Kier molecular flexibility index (Phi) is 6.85. The standard InChI is InChI=1S/C22H29N3O2/c1-27-20-10-8-18(9-11-20)21(25-12-3-2-4-13-25)16-24-15-17-6-5-7-19(14-17)22(23)26/h5-11,14,21,24H,2-4,12-13,15-16H2,1H3,(H2,23,26). The topological polar surface area (TPSA) is 67.6 Å². The average Bonchev–Trinajstić information content (AvgIpc) is 2.72. The Labute approximate surface area is 161 Å². The summed E-state index contributed by atoms with van der Waals surface area (Å²) in [4.78, 5) is 13.9. The SMILES string of the molecule is COc1ccc(C(CNCc2cccc(C(N)=O)c2)N2CCCCC2)cc1. The van der Waals surface area contributed by atoms with Crippen molar-refractivity contribution >= 4 is 5.91 Å². The van der Waals surface area contributed by atoms with E-state index in [1.165, 1.54) is 24.8 Å². The molecule has 144 valence electrons. The molecule has 1 unspecified atom stereocenters. The lowest BCUT2D eigenvalue weighted by Gasteiger charge is -2.35. The van der Waals surface area contributed by atoms with Crippen LogP contribution < -0.4 is 15.8 Å². The van der Waals surface area contributed by atoms with Crippen LogP contribution in [0.1, 0.15) is 46.8 Å². The third-order valence-electron chi connectivity index (χ3n) is 5.21. The number of primary amides is 1. The van der Waals surface area contributed by atoms with Gasteiger partial charge in [-0.05, 0) is 61.3 Å². The van der Waals surface area contributed by atoms with Crippen molar-refractivity contribution in [3.8, 4) is 5.75 Å². The predicted molar refractivity (Wildman–Crippen MR) is 108 cm³/mol. The molecule has 1 heterocycles. The van der Waals surface area contributed by atoms with Crippen LogP contribution in [0, 0.1) is 0 Å². The highest BCUT2D eigenvalue weighted by molar-refractivity contribution is 5.92. The molecule has 0 radical (unpaired) electrons. The molecule has 1 fully saturated rings. The average molecular weight is 367 g/mol. The molecule has 2 aromatic rings. The zero-order valence-electron chi connectivity index (χ0n) is 16.0. The van der Waals surface area contributed by atoms with Gasteiger partial charge in [0.05, 0.1) is 7.11 Å². The second kappa shape index (κ2) is 9.53. The van der Waals surface area contributed by atoms with Crippen molar-refractivity contribution in [2.24, 2.45) is 5.73 Å². The quantitative estimate of drug-likeness (QED) is 0.752. The molecule has 2 aromatic carbocycles. The Morgan fingerprint density at radius 2 is 1.89 bits per heavy atom. The predicted octanol–water partition coefficient (Wildman–Crippen LogP) is 3.11. The molecular formula is C22H29N3O2. The highest BCUT2D eigenvalue weighted by atomic mass is 16.5. The number of nitrogens with two attached hydrogens (primary N) is 1. The van der Waals surface area contributed by atoms with E-state index in [9.17, 15) is 4.79 Å². The zero-order valence-corrected chi connectivity index (χ0v) is 16.0. The maximum absolute atomic E-state index is 11.4. The van der Waals surface area contributed by atoms with Crippen LogP contribution >= 0.6 is 0 Å². The number of carbonyl (C=O) groups is 1. The van der Waals surface area contributed by atoms with Gasteiger partial charge < -0.3 is 15.8 Å². The normalized spacial score (nSPS) is 16.0. The maximum atomic E-state index is 11.4. The van der Waals surface area contributed by atoms with E-state index >= 15 is 0 Å². The first-order chi connectivity index (χ1) is 13.2. The van der Waals surface area contributed by atoms with Gasteiger partial charge in [0.2, 0.25) is 5.91 Å². The zero-order chi connectivity index (χ0) is 19.1. The number of ether oxygens (including phenoxy) is 1. The minimum absolute atomic E-state index is 0.329. The van der Waals surface area contributed by atoms with Gasteiger partial charge in [-0.2, -0.15) is 0 Å². The van der Waals surface area contributed by atoms with Crippen LogP contribution in [0.25, 0.3) is 0 Å². The van der Waals surface area contributed by atoms with E-state index in [1.807, 2.05) is 30.3 Å². The molecule has 1 aliphatic rings. The highest BCUT2D eigenvalue weighted by Crippen LogP contribution is 2.26. The Morgan fingerprint density at radius 3 is 2.56 bits per heavy atom. The van der Waals surface area contributed by atoms with Crippen molar-refractivity contribution in [1.82, 2.24) is 10.2 Å². The fourth-order valence-electron chi connectivity index (χ4n) is 3.70. The monoisotopic (exact) mass is 367 g/mol. The van der Waals surface area contributed by atoms with E-state index in [4.69, 9.17) is 10.5 Å². The number of carbonyl (C=O) groups excluding carboxylic acids is 1. The molecule has 0 bridgehead atoms. The minimum atomic E-state index is -0.388. The summed E-state index contributed by atoms with van der Waals surface area (Å²) in [5.41, 5.74) is 8.30.